The standard InChI is InChI=1S/C20H17N3O2/c1-25-15-7-8-19-14(12-15)9-11-23(19)13-20(24)22-18-6-2-5-17-16(18)4-3-10-21-17/h2-12H,13H2,1H3,(H,22,24). The molecule has 0 aliphatic carbocycles. The maximum Gasteiger partial charge on any atom is 0.244 e. The molecule has 0 saturated carbocycles. The predicted octanol–water partition coefficient (Wildman–Crippen LogP) is 3.84. The fraction of sp³-hybridized carbons (Fsp3) is 0.100. The molecular weight excluding hydrogens is 314 g/mol. The van der Waals surface area contributed by atoms with Gasteiger partial charge in [0, 0.05) is 28.7 Å². The second kappa shape index (κ2) is 6.28. The Balaban J connectivity index is 1.58. The average molecular weight is 331 g/mol. The van der Waals surface area contributed by atoms with Crippen LogP contribution in [0.3, 0.4) is 0 Å². The van der Waals surface area contributed by atoms with Crippen molar-refractivity contribution in [3.05, 3.63) is 67.0 Å². The van der Waals surface area contributed by atoms with Crippen LogP contribution in [0.2, 0.25) is 0 Å². The molecule has 1 N–H and O–H groups in total. The van der Waals surface area contributed by atoms with E-state index in [0.717, 1.165) is 33.2 Å². The number of pyridine rings is 1. The van der Waals surface area contributed by atoms with Gasteiger partial charge < -0.3 is 14.6 Å². The highest BCUT2D eigenvalue weighted by atomic mass is 16.5. The van der Waals surface area contributed by atoms with Crippen molar-refractivity contribution in [3.8, 4) is 5.75 Å². The Hall–Kier alpha value is -3.34. The second-order valence-corrected chi connectivity index (χ2v) is 5.79. The lowest BCUT2D eigenvalue weighted by Crippen LogP contribution is -2.18. The quantitative estimate of drug-likeness (QED) is 0.618. The fourth-order valence-electron chi connectivity index (χ4n) is 3.00. The lowest BCUT2D eigenvalue weighted by Gasteiger charge is -2.10. The van der Waals surface area contributed by atoms with Crippen LogP contribution < -0.4 is 10.1 Å². The van der Waals surface area contributed by atoms with E-state index < -0.39 is 0 Å². The molecular formula is C20H17N3O2. The van der Waals surface area contributed by atoms with E-state index in [9.17, 15) is 4.79 Å². The zero-order chi connectivity index (χ0) is 17.2. The Kier molecular flexibility index (Phi) is 3.82. The molecule has 124 valence electrons. The number of hydrogen-bond acceptors (Lipinski definition) is 3. The molecule has 0 saturated heterocycles. The van der Waals surface area contributed by atoms with Crippen LogP contribution in [0.5, 0.6) is 5.75 Å². The minimum absolute atomic E-state index is 0.0790. The van der Waals surface area contributed by atoms with E-state index in [4.69, 9.17) is 4.74 Å². The summed E-state index contributed by atoms with van der Waals surface area (Å²) >= 11 is 0. The molecule has 0 spiro atoms. The number of nitrogens with one attached hydrogen (secondary N) is 1. The van der Waals surface area contributed by atoms with E-state index in [1.165, 1.54) is 0 Å². The largest absolute Gasteiger partial charge is 0.497 e. The average Bonchev–Trinajstić information content (AvgIpc) is 3.04. The lowest BCUT2D eigenvalue weighted by atomic mass is 10.2. The summed E-state index contributed by atoms with van der Waals surface area (Å²) in [7, 11) is 1.64. The van der Waals surface area contributed by atoms with Crippen molar-refractivity contribution >= 4 is 33.4 Å². The van der Waals surface area contributed by atoms with E-state index in [1.807, 2.05) is 65.4 Å². The summed E-state index contributed by atoms with van der Waals surface area (Å²) < 4.78 is 7.16. The summed E-state index contributed by atoms with van der Waals surface area (Å²) in [4.78, 5) is 16.8. The highest BCUT2D eigenvalue weighted by molar-refractivity contribution is 6.01. The third-order valence-corrected chi connectivity index (χ3v) is 4.21. The van der Waals surface area contributed by atoms with Crippen molar-refractivity contribution in [3.63, 3.8) is 0 Å². The Morgan fingerprint density at radius 2 is 2.08 bits per heavy atom. The summed E-state index contributed by atoms with van der Waals surface area (Å²) in [6.45, 7) is 0.243. The molecule has 0 aliphatic rings. The van der Waals surface area contributed by atoms with Crippen molar-refractivity contribution in [1.29, 1.82) is 0 Å². The monoisotopic (exact) mass is 331 g/mol. The van der Waals surface area contributed by atoms with E-state index in [-0.39, 0.29) is 12.5 Å². The van der Waals surface area contributed by atoms with Gasteiger partial charge in [0.1, 0.15) is 12.3 Å². The van der Waals surface area contributed by atoms with Gasteiger partial charge in [-0.3, -0.25) is 9.78 Å². The first kappa shape index (κ1) is 15.2. The summed E-state index contributed by atoms with van der Waals surface area (Å²) in [5.74, 6) is 0.725. The molecule has 4 rings (SSSR count). The van der Waals surface area contributed by atoms with Crippen LogP contribution in [0.1, 0.15) is 0 Å². The summed E-state index contributed by atoms with van der Waals surface area (Å²) in [5.41, 5.74) is 2.63. The van der Waals surface area contributed by atoms with Crippen molar-refractivity contribution in [2.75, 3.05) is 12.4 Å². The van der Waals surface area contributed by atoms with Crippen molar-refractivity contribution < 1.29 is 9.53 Å². The lowest BCUT2D eigenvalue weighted by molar-refractivity contribution is -0.116. The van der Waals surface area contributed by atoms with Gasteiger partial charge in [0.15, 0.2) is 0 Å². The van der Waals surface area contributed by atoms with Gasteiger partial charge in [-0.1, -0.05) is 6.07 Å². The molecule has 4 aromatic rings. The number of aromatic nitrogens is 2. The summed E-state index contributed by atoms with van der Waals surface area (Å²) in [6.07, 6.45) is 3.66. The molecule has 5 nitrogen and oxygen atoms in total. The minimum Gasteiger partial charge on any atom is -0.497 e. The molecule has 0 unspecified atom stereocenters. The van der Waals surface area contributed by atoms with Crippen LogP contribution in [0.25, 0.3) is 21.8 Å². The molecule has 2 aromatic carbocycles. The van der Waals surface area contributed by atoms with Crippen LogP contribution in [0.15, 0.2) is 67.0 Å². The Morgan fingerprint density at radius 3 is 2.96 bits per heavy atom. The van der Waals surface area contributed by atoms with Crippen molar-refractivity contribution in [2.45, 2.75) is 6.54 Å². The van der Waals surface area contributed by atoms with E-state index in [1.54, 1.807) is 13.3 Å². The van der Waals surface area contributed by atoms with Crippen LogP contribution in [-0.4, -0.2) is 22.6 Å². The maximum atomic E-state index is 12.5. The van der Waals surface area contributed by atoms with Gasteiger partial charge >= 0.3 is 0 Å². The molecule has 0 bridgehead atoms. The number of rotatable bonds is 4. The molecule has 0 aliphatic heterocycles. The predicted molar refractivity (Wildman–Crippen MR) is 98.9 cm³/mol. The van der Waals surface area contributed by atoms with Crippen LogP contribution in [0, 0.1) is 0 Å². The first-order valence-corrected chi connectivity index (χ1v) is 8.01. The molecule has 1 amide bonds. The molecule has 0 fully saturated rings. The van der Waals surface area contributed by atoms with Crippen molar-refractivity contribution in [2.24, 2.45) is 0 Å². The number of amides is 1. The zero-order valence-corrected chi connectivity index (χ0v) is 13.8. The molecule has 2 aromatic heterocycles. The highest BCUT2D eigenvalue weighted by Gasteiger charge is 2.09. The molecule has 25 heavy (non-hydrogen) atoms. The van der Waals surface area contributed by atoms with Gasteiger partial charge in [-0.2, -0.15) is 0 Å². The van der Waals surface area contributed by atoms with Crippen molar-refractivity contribution in [1.82, 2.24) is 9.55 Å². The SMILES string of the molecule is COc1ccc2c(ccn2CC(=O)Nc2cccc3ncccc23)c1. The normalized spacial score (nSPS) is 10.9. The third kappa shape index (κ3) is 2.92. The number of ether oxygens (including phenoxy) is 1. The number of benzene rings is 2. The topological polar surface area (TPSA) is 56.1 Å². The zero-order valence-electron chi connectivity index (χ0n) is 13.8. The maximum absolute atomic E-state index is 12.5. The van der Waals surface area contributed by atoms with Gasteiger partial charge in [0.25, 0.3) is 0 Å². The molecule has 0 radical (unpaired) electrons. The number of carbonyl (C=O) groups excluding carboxylic acids is 1. The first-order chi connectivity index (χ1) is 12.2. The van der Waals surface area contributed by atoms with E-state index in [0.29, 0.717) is 0 Å². The number of methoxy groups -OCH3 is 1. The number of anilines is 1. The molecule has 5 heteroatoms. The summed E-state index contributed by atoms with van der Waals surface area (Å²) in [5, 5.41) is 4.96. The molecule has 2 heterocycles. The Bertz CT molecular complexity index is 1060. The van der Waals surface area contributed by atoms with Gasteiger partial charge in [-0.25, -0.2) is 0 Å². The van der Waals surface area contributed by atoms with E-state index in [2.05, 4.69) is 10.3 Å². The van der Waals surface area contributed by atoms with Gasteiger partial charge in [-0.05, 0) is 48.5 Å². The van der Waals surface area contributed by atoms with Gasteiger partial charge in [-0.15, -0.1) is 0 Å². The smallest absolute Gasteiger partial charge is 0.244 e. The van der Waals surface area contributed by atoms with Gasteiger partial charge in [0.2, 0.25) is 5.91 Å². The highest BCUT2D eigenvalue weighted by Crippen LogP contribution is 2.23. The number of nitrogens with zero attached hydrogens (tertiary/aromatic N) is 2. The number of hydrogen-bond donors (Lipinski definition) is 1. The second-order valence-electron chi connectivity index (χ2n) is 5.79. The fourth-order valence-corrected chi connectivity index (χ4v) is 3.00. The number of carbonyl (C=O) groups is 1. The third-order valence-electron chi connectivity index (χ3n) is 4.21. The summed E-state index contributed by atoms with van der Waals surface area (Å²) in [6, 6.07) is 17.3. The van der Waals surface area contributed by atoms with E-state index >= 15 is 0 Å². The number of fused-ring (bicyclic) bond motifs is 2. The molecule has 0 atom stereocenters. The minimum atomic E-state index is -0.0790. The Morgan fingerprint density at radius 1 is 1.16 bits per heavy atom. The Labute approximate surface area is 144 Å². The van der Waals surface area contributed by atoms with Crippen LogP contribution in [-0.2, 0) is 11.3 Å². The first-order valence-electron chi connectivity index (χ1n) is 8.01. The van der Waals surface area contributed by atoms with Crippen LogP contribution in [0.4, 0.5) is 5.69 Å². The van der Waals surface area contributed by atoms with Gasteiger partial charge in [0.05, 0.1) is 18.3 Å². The van der Waals surface area contributed by atoms with Crippen LogP contribution >= 0.6 is 0 Å².